The Bertz CT molecular complexity index is 389. The van der Waals surface area contributed by atoms with Gasteiger partial charge in [0.2, 0.25) is 0 Å². The lowest BCUT2D eigenvalue weighted by molar-refractivity contribution is 0.173. The van der Waals surface area contributed by atoms with Crippen molar-refractivity contribution in [2.24, 2.45) is 5.92 Å². The van der Waals surface area contributed by atoms with Crippen LogP contribution >= 0.6 is 0 Å². The van der Waals surface area contributed by atoms with E-state index in [9.17, 15) is 0 Å². The number of nitrogens with zero attached hydrogens (tertiary/aromatic N) is 3. The average molecular weight is 292 g/mol. The van der Waals surface area contributed by atoms with E-state index in [1.807, 2.05) is 0 Å². The van der Waals surface area contributed by atoms with Gasteiger partial charge in [0.05, 0.1) is 11.7 Å². The second-order valence-corrected chi connectivity index (χ2v) is 6.28. The summed E-state index contributed by atoms with van der Waals surface area (Å²) in [4.78, 5) is 2.56. The van der Waals surface area contributed by atoms with Crippen molar-refractivity contribution in [2.45, 2.75) is 59.0 Å². The highest BCUT2D eigenvalue weighted by Crippen LogP contribution is 2.19. The number of piperidine rings is 1. The summed E-state index contributed by atoms with van der Waals surface area (Å²) in [5, 5.41) is 8.25. The summed E-state index contributed by atoms with van der Waals surface area (Å²) in [6, 6.07) is 2.76. The first-order valence-corrected chi connectivity index (χ1v) is 8.73. The first-order valence-electron chi connectivity index (χ1n) is 8.73. The van der Waals surface area contributed by atoms with Crippen molar-refractivity contribution in [1.29, 1.82) is 0 Å². The molecule has 1 aromatic heterocycles. The van der Waals surface area contributed by atoms with Crippen molar-refractivity contribution in [3.63, 3.8) is 0 Å². The Morgan fingerprint density at radius 2 is 1.95 bits per heavy atom. The van der Waals surface area contributed by atoms with Crippen molar-refractivity contribution in [3.05, 3.63) is 18.0 Å². The Kier molecular flexibility index (Phi) is 6.71. The highest BCUT2D eigenvalue weighted by Gasteiger charge is 2.19. The molecule has 1 fully saturated rings. The molecule has 4 heteroatoms. The standard InChI is InChI=1S/C17H32N4/c1-4-17(5-2)21-12-9-16(19-21)14-20-10-7-15(8-11-20)13-18-6-3/h9,12,15,17-18H,4-8,10-11,13-14H2,1-3H3. The van der Waals surface area contributed by atoms with Gasteiger partial charge in [-0.2, -0.15) is 5.10 Å². The smallest absolute Gasteiger partial charge is 0.0764 e. The summed E-state index contributed by atoms with van der Waals surface area (Å²) in [6.07, 6.45) is 7.12. The van der Waals surface area contributed by atoms with Gasteiger partial charge in [0.1, 0.15) is 0 Å². The van der Waals surface area contributed by atoms with Crippen LogP contribution in [0.25, 0.3) is 0 Å². The predicted octanol–water partition coefficient (Wildman–Crippen LogP) is 3.07. The van der Waals surface area contributed by atoms with Crippen LogP contribution in [-0.4, -0.2) is 40.9 Å². The number of aromatic nitrogens is 2. The van der Waals surface area contributed by atoms with Crippen LogP contribution in [0.1, 0.15) is 58.2 Å². The molecule has 0 aromatic carbocycles. The summed E-state index contributed by atoms with van der Waals surface area (Å²) >= 11 is 0. The molecule has 1 aliphatic heterocycles. The normalized spacial score (nSPS) is 17.7. The minimum atomic E-state index is 0.560. The Balaban J connectivity index is 1.78. The Hall–Kier alpha value is -0.870. The third kappa shape index (κ3) is 4.82. The van der Waals surface area contributed by atoms with E-state index in [0.29, 0.717) is 6.04 Å². The lowest BCUT2D eigenvalue weighted by Crippen LogP contribution is -2.37. The molecule has 1 aromatic rings. The number of nitrogens with one attached hydrogen (secondary N) is 1. The molecule has 1 saturated heterocycles. The van der Waals surface area contributed by atoms with Gasteiger partial charge in [-0.3, -0.25) is 9.58 Å². The van der Waals surface area contributed by atoms with Gasteiger partial charge in [-0.05, 0) is 63.8 Å². The van der Waals surface area contributed by atoms with Crippen LogP contribution in [0.15, 0.2) is 12.3 Å². The summed E-state index contributed by atoms with van der Waals surface area (Å²) < 4.78 is 2.16. The van der Waals surface area contributed by atoms with E-state index in [0.717, 1.165) is 31.8 Å². The lowest BCUT2D eigenvalue weighted by atomic mass is 9.97. The van der Waals surface area contributed by atoms with Crippen molar-refractivity contribution in [2.75, 3.05) is 26.2 Å². The van der Waals surface area contributed by atoms with E-state index in [1.54, 1.807) is 0 Å². The van der Waals surface area contributed by atoms with E-state index in [2.05, 4.69) is 47.9 Å². The maximum absolute atomic E-state index is 4.78. The van der Waals surface area contributed by atoms with Gasteiger partial charge in [0, 0.05) is 12.7 Å². The zero-order valence-corrected chi connectivity index (χ0v) is 14.0. The predicted molar refractivity (Wildman–Crippen MR) is 88.4 cm³/mol. The molecule has 0 atom stereocenters. The third-order valence-electron chi connectivity index (χ3n) is 4.76. The van der Waals surface area contributed by atoms with E-state index >= 15 is 0 Å². The van der Waals surface area contributed by atoms with Crippen LogP contribution in [0, 0.1) is 5.92 Å². The molecule has 21 heavy (non-hydrogen) atoms. The van der Waals surface area contributed by atoms with Crippen LogP contribution < -0.4 is 5.32 Å². The molecule has 1 aliphatic rings. The second kappa shape index (κ2) is 8.54. The maximum atomic E-state index is 4.78. The Labute approximate surface area is 129 Å². The van der Waals surface area contributed by atoms with Crippen molar-refractivity contribution in [1.82, 2.24) is 20.0 Å². The van der Waals surface area contributed by atoms with Crippen molar-refractivity contribution >= 4 is 0 Å². The van der Waals surface area contributed by atoms with E-state index < -0.39 is 0 Å². The molecule has 0 spiro atoms. The van der Waals surface area contributed by atoms with Crippen LogP contribution in [0.4, 0.5) is 0 Å². The molecular weight excluding hydrogens is 260 g/mol. The number of hydrogen-bond donors (Lipinski definition) is 1. The molecular formula is C17H32N4. The molecule has 0 bridgehead atoms. The maximum Gasteiger partial charge on any atom is 0.0764 e. The largest absolute Gasteiger partial charge is 0.317 e. The molecule has 120 valence electrons. The van der Waals surface area contributed by atoms with Gasteiger partial charge in [-0.25, -0.2) is 0 Å². The molecule has 0 aliphatic carbocycles. The zero-order chi connectivity index (χ0) is 15.1. The van der Waals surface area contributed by atoms with E-state index in [1.165, 1.54) is 38.2 Å². The lowest BCUT2D eigenvalue weighted by Gasteiger charge is -2.31. The fourth-order valence-corrected chi connectivity index (χ4v) is 3.25. The van der Waals surface area contributed by atoms with Crippen LogP contribution in [0.3, 0.4) is 0 Å². The van der Waals surface area contributed by atoms with Gasteiger partial charge in [0.15, 0.2) is 0 Å². The first-order chi connectivity index (χ1) is 10.3. The average Bonchev–Trinajstić information content (AvgIpc) is 2.96. The summed E-state index contributed by atoms with van der Waals surface area (Å²) in [6.45, 7) is 12.4. The minimum absolute atomic E-state index is 0.560. The molecule has 4 nitrogen and oxygen atoms in total. The number of likely N-dealkylation sites (tertiary alicyclic amines) is 1. The second-order valence-electron chi connectivity index (χ2n) is 6.28. The number of rotatable bonds is 8. The molecule has 1 N–H and O–H groups in total. The highest BCUT2D eigenvalue weighted by atomic mass is 15.3. The van der Waals surface area contributed by atoms with Gasteiger partial charge in [-0.1, -0.05) is 20.8 Å². The summed E-state index contributed by atoms with van der Waals surface area (Å²) in [5.41, 5.74) is 1.23. The van der Waals surface area contributed by atoms with Gasteiger partial charge >= 0.3 is 0 Å². The molecule has 2 heterocycles. The van der Waals surface area contributed by atoms with E-state index in [4.69, 9.17) is 5.10 Å². The third-order valence-corrected chi connectivity index (χ3v) is 4.76. The topological polar surface area (TPSA) is 33.1 Å². The molecule has 0 amide bonds. The fourth-order valence-electron chi connectivity index (χ4n) is 3.25. The Morgan fingerprint density at radius 3 is 2.57 bits per heavy atom. The summed E-state index contributed by atoms with van der Waals surface area (Å²) in [5.74, 6) is 0.864. The van der Waals surface area contributed by atoms with Crippen LogP contribution in [-0.2, 0) is 6.54 Å². The number of hydrogen-bond acceptors (Lipinski definition) is 3. The summed E-state index contributed by atoms with van der Waals surface area (Å²) in [7, 11) is 0. The molecule has 2 rings (SSSR count). The fraction of sp³-hybridized carbons (Fsp3) is 0.824. The zero-order valence-electron chi connectivity index (χ0n) is 14.0. The SMILES string of the molecule is CCNCC1CCN(Cc2ccn(C(CC)CC)n2)CC1. The van der Waals surface area contributed by atoms with Crippen LogP contribution in [0.2, 0.25) is 0 Å². The van der Waals surface area contributed by atoms with Gasteiger partial charge in [0.25, 0.3) is 0 Å². The Morgan fingerprint density at radius 1 is 1.24 bits per heavy atom. The molecule has 0 saturated carbocycles. The molecule has 0 unspecified atom stereocenters. The van der Waals surface area contributed by atoms with Crippen LogP contribution in [0.5, 0.6) is 0 Å². The van der Waals surface area contributed by atoms with Gasteiger partial charge < -0.3 is 5.32 Å². The highest BCUT2D eigenvalue weighted by molar-refractivity contribution is 5.00. The van der Waals surface area contributed by atoms with Gasteiger partial charge in [-0.15, -0.1) is 0 Å². The minimum Gasteiger partial charge on any atom is -0.317 e. The molecule has 0 radical (unpaired) electrons. The monoisotopic (exact) mass is 292 g/mol. The first kappa shape index (κ1) is 16.5. The quantitative estimate of drug-likeness (QED) is 0.799. The van der Waals surface area contributed by atoms with Crippen molar-refractivity contribution < 1.29 is 0 Å². The van der Waals surface area contributed by atoms with E-state index in [-0.39, 0.29) is 0 Å². The van der Waals surface area contributed by atoms with Crippen molar-refractivity contribution in [3.8, 4) is 0 Å².